The van der Waals surface area contributed by atoms with Crippen LogP contribution in [0.3, 0.4) is 0 Å². The number of rotatable bonds is 5. The first-order valence-corrected chi connectivity index (χ1v) is 6.81. The summed E-state index contributed by atoms with van der Waals surface area (Å²) in [5, 5.41) is 13.8. The van der Waals surface area contributed by atoms with Crippen LogP contribution in [0.15, 0.2) is 40.9 Å². The Labute approximate surface area is 130 Å². The lowest BCUT2D eigenvalue weighted by molar-refractivity contribution is -0.384. The summed E-state index contributed by atoms with van der Waals surface area (Å²) in [4.78, 5) is 10.5. The SMILES string of the molecule is CNc1cc(Oc2ccc(OC)cc2Br)cc([N+](=O)[O-])c1. The van der Waals surface area contributed by atoms with Crippen LogP contribution in [0.4, 0.5) is 11.4 Å². The second-order valence-corrected chi connectivity index (χ2v) is 4.98. The van der Waals surface area contributed by atoms with E-state index in [2.05, 4.69) is 21.2 Å². The predicted molar refractivity (Wildman–Crippen MR) is 83.4 cm³/mol. The minimum absolute atomic E-state index is 0.0403. The number of nitrogens with one attached hydrogen (secondary N) is 1. The molecule has 0 aliphatic rings. The van der Waals surface area contributed by atoms with Gasteiger partial charge in [-0.05, 0) is 34.1 Å². The molecule has 0 bridgehead atoms. The fourth-order valence-corrected chi connectivity index (χ4v) is 2.15. The molecule has 0 aliphatic carbocycles. The number of nitrogens with zero attached hydrogens (tertiary/aromatic N) is 1. The topological polar surface area (TPSA) is 73.6 Å². The van der Waals surface area contributed by atoms with Crippen LogP contribution in [0.25, 0.3) is 0 Å². The second kappa shape index (κ2) is 6.45. The van der Waals surface area contributed by atoms with Crippen molar-refractivity contribution in [3.8, 4) is 17.2 Å². The molecule has 1 N–H and O–H groups in total. The van der Waals surface area contributed by atoms with Gasteiger partial charge in [-0.25, -0.2) is 0 Å². The van der Waals surface area contributed by atoms with E-state index in [0.29, 0.717) is 27.4 Å². The lowest BCUT2D eigenvalue weighted by Crippen LogP contribution is -1.95. The summed E-state index contributed by atoms with van der Waals surface area (Å²) in [6, 6.07) is 9.72. The van der Waals surface area contributed by atoms with Gasteiger partial charge < -0.3 is 14.8 Å². The number of halogens is 1. The maximum Gasteiger partial charge on any atom is 0.275 e. The Balaban J connectivity index is 2.34. The molecule has 0 aromatic heterocycles. The van der Waals surface area contributed by atoms with E-state index in [1.165, 1.54) is 12.1 Å². The zero-order valence-electron chi connectivity index (χ0n) is 11.4. The number of methoxy groups -OCH3 is 1. The average molecular weight is 353 g/mol. The molecule has 0 fully saturated rings. The minimum Gasteiger partial charge on any atom is -0.497 e. The summed E-state index contributed by atoms with van der Waals surface area (Å²) in [5.41, 5.74) is 0.560. The third-order valence-corrected chi connectivity index (χ3v) is 3.38. The first-order valence-electron chi connectivity index (χ1n) is 6.02. The maximum atomic E-state index is 10.9. The normalized spacial score (nSPS) is 10.0. The predicted octanol–water partition coefficient (Wildman–Crippen LogP) is 4.20. The van der Waals surface area contributed by atoms with Crippen molar-refractivity contribution in [3.63, 3.8) is 0 Å². The van der Waals surface area contributed by atoms with Crippen LogP contribution in [0, 0.1) is 10.1 Å². The van der Waals surface area contributed by atoms with Gasteiger partial charge in [-0.2, -0.15) is 0 Å². The molecule has 2 aromatic carbocycles. The Hall–Kier alpha value is -2.28. The van der Waals surface area contributed by atoms with Crippen molar-refractivity contribution in [1.82, 2.24) is 0 Å². The standard InChI is InChI=1S/C14H13BrN2O4/c1-16-9-5-10(17(18)19)7-12(6-9)21-14-4-3-11(20-2)8-13(14)15/h3-8,16H,1-2H3. The third kappa shape index (κ3) is 3.63. The second-order valence-electron chi connectivity index (χ2n) is 4.12. The highest BCUT2D eigenvalue weighted by Crippen LogP contribution is 2.35. The molecule has 110 valence electrons. The van der Waals surface area contributed by atoms with E-state index >= 15 is 0 Å². The zero-order chi connectivity index (χ0) is 15.4. The van der Waals surface area contributed by atoms with Gasteiger partial charge in [-0.15, -0.1) is 0 Å². The van der Waals surface area contributed by atoms with E-state index in [9.17, 15) is 10.1 Å². The Morgan fingerprint density at radius 2 is 1.95 bits per heavy atom. The largest absolute Gasteiger partial charge is 0.497 e. The Kier molecular flexibility index (Phi) is 4.64. The molecular formula is C14H13BrN2O4. The maximum absolute atomic E-state index is 10.9. The molecule has 0 aliphatic heterocycles. The molecule has 0 heterocycles. The molecule has 21 heavy (non-hydrogen) atoms. The summed E-state index contributed by atoms with van der Waals surface area (Å²) in [6.45, 7) is 0. The minimum atomic E-state index is -0.462. The number of nitro benzene ring substituents is 1. The van der Waals surface area contributed by atoms with Gasteiger partial charge in [-0.3, -0.25) is 10.1 Å². The molecule has 0 saturated heterocycles. The third-order valence-electron chi connectivity index (χ3n) is 2.76. The van der Waals surface area contributed by atoms with Crippen LogP contribution < -0.4 is 14.8 Å². The Morgan fingerprint density at radius 3 is 2.52 bits per heavy atom. The van der Waals surface area contributed by atoms with Crippen molar-refractivity contribution < 1.29 is 14.4 Å². The molecule has 2 aromatic rings. The van der Waals surface area contributed by atoms with Crippen molar-refractivity contribution in [2.24, 2.45) is 0 Å². The van der Waals surface area contributed by atoms with Gasteiger partial charge in [-0.1, -0.05) is 0 Å². The lowest BCUT2D eigenvalue weighted by Gasteiger charge is -2.10. The lowest BCUT2D eigenvalue weighted by atomic mass is 10.2. The van der Waals surface area contributed by atoms with Crippen molar-refractivity contribution >= 4 is 27.3 Å². The smallest absolute Gasteiger partial charge is 0.275 e. The number of hydrogen-bond acceptors (Lipinski definition) is 5. The zero-order valence-corrected chi connectivity index (χ0v) is 13.0. The molecule has 0 spiro atoms. The van der Waals surface area contributed by atoms with Crippen LogP contribution in [0.1, 0.15) is 0 Å². The Bertz CT molecular complexity index is 676. The number of anilines is 1. The summed E-state index contributed by atoms with van der Waals surface area (Å²) >= 11 is 3.37. The van der Waals surface area contributed by atoms with E-state index in [0.717, 1.165) is 0 Å². The fourth-order valence-electron chi connectivity index (χ4n) is 1.71. The number of benzene rings is 2. The van der Waals surface area contributed by atoms with E-state index in [1.807, 2.05) is 0 Å². The van der Waals surface area contributed by atoms with Crippen molar-refractivity contribution in [3.05, 3.63) is 51.0 Å². The molecule has 6 nitrogen and oxygen atoms in total. The number of hydrogen-bond donors (Lipinski definition) is 1. The number of nitro groups is 1. The summed E-state index contributed by atoms with van der Waals surface area (Å²) in [5.74, 6) is 1.60. The van der Waals surface area contributed by atoms with Crippen LogP contribution in [0.5, 0.6) is 17.2 Å². The first kappa shape index (κ1) is 15.1. The van der Waals surface area contributed by atoms with Gasteiger partial charge >= 0.3 is 0 Å². The Morgan fingerprint density at radius 1 is 1.19 bits per heavy atom. The quantitative estimate of drug-likeness (QED) is 0.644. The first-order chi connectivity index (χ1) is 10.0. The van der Waals surface area contributed by atoms with Gasteiger partial charge in [0.2, 0.25) is 0 Å². The van der Waals surface area contributed by atoms with Gasteiger partial charge in [0, 0.05) is 24.9 Å². The van der Waals surface area contributed by atoms with E-state index in [4.69, 9.17) is 9.47 Å². The fraction of sp³-hybridized carbons (Fsp3) is 0.143. The average Bonchev–Trinajstić information content (AvgIpc) is 2.48. The molecule has 0 unspecified atom stereocenters. The molecule has 0 radical (unpaired) electrons. The van der Waals surface area contributed by atoms with Gasteiger partial charge in [0.1, 0.15) is 17.2 Å². The number of non-ortho nitro benzene ring substituents is 1. The molecule has 7 heteroatoms. The van der Waals surface area contributed by atoms with E-state index in [1.54, 1.807) is 38.4 Å². The van der Waals surface area contributed by atoms with Gasteiger partial charge in [0.15, 0.2) is 0 Å². The molecule has 0 atom stereocenters. The molecule has 0 amide bonds. The molecule has 0 saturated carbocycles. The van der Waals surface area contributed by atoms with E-state index in [-0.39, 0.29) is 5.69 Å². The van der Waals surface area contributed by atoms with Crippen LogP contribution in [-0.4, -0.2) is 19.1 Å². The highest BCUT2D eigenvalue weighted by Gasteiger charge is 2.12. The van der Waals surface area contributed by atoms with Gasteiger partial charge in [0.25, 0.3) is 5.69 Å². The van der Waals surface area contributed by atoms with Crippen LogP contribution in [0.2, 0.25) is 0 Å². The van der Waals surface area contributed by atoms with Crippen LogP contribution >= 0.6 is 15.9 Å². The molecule has 2 rings (SSSR count). The van der Waals surface area contributed by atoms with E-state index < -0.39 is 4.92 Å². The monoisotopic (exact) mass is 352 g/mol. The number of ether oxygens (including phenoxy) is 2. The summed E-state index contributed by atoms with van der Waals surface area (Å²) in [7, 11) is 3.26. The summed E-state index contributed by atoms with van der Waals surface area (Å²) < 4.78 is 11.5. The molecular weight excluding hydrogens is 340 g/mol. The van der Waals surface area contributed by atoms with Gasteiger partial charge in [0.05, 0.1) is 22.6 Å². The van der Waals surface area contributed by atoms with Crippen molar-refractivity contribution in [2.45, 2.75) is 0 Å². The van der Waals surface area contributed by atoms with Crippen molar-refractivity contribution in [1.29, 1.82) is 0 Å². The van der Waals surface area contributed by atoms with Crippen LogP contribution in [-0.2, 0) is 0 Å². The van der Waals surface area contributed by atoms with Crippen molar-refractivity contribution in [2.75, 3.05) is 19.5 Å². The highest BCUT2D eigenvalue weighted by molar-refractivity contribution is 9.10. The highest BCUT2D eigenvalue weighted by atomic mass is 79.9. The summed E-state index contributed by atoms with van der Waals surface area (Å²) in [6.07, 6.45) is 0.